The number of hydrogen-bond acceptors (Lipinski definition) is 4. The first-order chi connectivity index (χ1) is 9.63. The van der Waals surface area contributed by atoms with Crippen LogP contribution in [-0.2, 0) is 4.79 Å². The molecule has 7 heteroatoms. The number of anilines is 1. The SMILES string of the molecule is O=C(CC1=CSC2=NCCN12)Nc1ccc(F)cc1F. The quantitative estimate of drug-likeness (QED) is 0.932. The van der Waals surface area contributed by atoms with Crippen molar-refractivity contribution in [1.29, 1.82) is 0 Å². The maximum absolute atomic E-state index is 13.4. The molecular formula is C13H11F2N3OS. The summed E-state index contributed by atoms with van der Waals surface area (Å²) in [5, 5.41) is 5.22. The Bertz CT molecular complexity index is 630. The first kappa shape index (κ1) is 13.1. The lowest BCUT2D eigenvalue weighted by Crippen LogP contribution is -2.24. The van der Waals surface area contributed by atoms with E-state index in [4.69, 9.17) is 0 Å². The number of rotatable bonds is 3. The predicted molar refractivity (Wildman–Crippen MR) is 74.3 cm³/mol. The molecular weight excluding hydrogens is 284 g/mol. The summed E-state index contributed by atoms with van der Waals surface area (Å²) in [5.41, 5.74) is 0.837. The second kappa shape index (κ2) is 5.24. The molecule has 4 nitrogen and oxygen atoms in total. The zero-order valence-corrected chi connectivity index (χ0v) is 11.2. The summed E-state index contributed by atoms with van der Waals surface area (Å²) in [7, 11) is 0. The Hall–Kier alpha value is -1.89. The van der Waals surface area contributed by atoms with Crippen LogP contribution >= 0.6 is 11.8 Å². The number of aliphatic imine (C=N–C) groups is 1. The number of benzene rings is 1. The molecule has 1 amide bonds. The summed E-state index contributed by atoms with van der Waals surface area (Å²) in [5.74, 6) is -1.79. The van der Waals surface area contributed by atoms with Crippen molar-refractivity contribution in [2.24, 2.45) is 4.99 Å². The van der Waals surface area contributed by atoms with Gasteiger partial charge in [-0.15, -0.1) is 0 Å². The van der Waals surface area contributed by atoms with Gasteiger partial charge in [0.2, 0.25) is 5.91 Å². The van der Waals surface area contributed by atoms with Gasteiger partial charge in [-0.3, -0.25) is 9.79 Å². The Morgan fingerprint density at radius 1 is 1.45 bits per heavy atom. The highest BCUT2D eigenvalue weighted by molar-refractivity contribution is 8.16. The lowest BCUT2D eigenvalue weighted by atomic mass is 10.2. The Balaban J connectivity index is 1.64. The molecule has 104 valence electrons. The van der Waals surface area contributed by atoms with Gasteiger partial charge in [0.1, 0.15) is 11.6 Å². The Morgan fingerprint density at radius 2 is 2.30 bits per heavy atom. The molecule has 0 saturated carbocycles. The molecule has 0 bridgehead atoms. The van der Waals surface area contributed by atoms with Crippen LogP contribution in [0.15, 0.2) is 34.3 Å². The van der Waals surface area contributed by atoms with Crippen molar-refractivity contribution in [3.8, 4) is 0 Å². The van der Waals surface area contributed by atoms with Crippen molar-refractivity contribution in [1.82, 2.24) is 4.90 Å². The average molecular weight is 295 g/mol. The number of nitrogens with zero attached hydrogens (tertiary/aromatic N) is 2. The van der Waals surface area contributed by atoms with E-state index >= 15 is 0 Å². The number of carbonyl (C=O) groups is 1. The minimum Gasteiger partial charge on any atom is -0.323 e. The summed E-state index contributed by atoms with van der Waals surface area (Å²) < 4.78 is 26.2. The standard InChI is InChI=1S/C13H11F2N3OS/c14-8-1-2-11(10(15)5-8)17-12(19)6-9-7-20-13-16-3-4-18(9)13/h1-2,5,7H,3-4,6H2,(H,17,19). The molecule has 0 aromatic heterocycles. The van der Waals surface area contributed by atoms with E-state index < -0.39 is 11.6 Å². The van der Waals surface area contributed by atoms with Crippen LogP contribution in [0.25, 0.3) is 0 Å². The molecule has 0 aliphatic carbocycles. The van der Waals surface area contributed by atoms with Crippen molar-refractivity contribution in [3.05, 3.63) is 40.9 Å². The smallest absolute Gasteiger partial charge is 0.230 e. The molecule has 1 aromatic carbocycles. The number of amides is 1. The van der Waals surface area contributed by atoms with E-state index in [9.17, 15) is 13.6 Å². The molecule has 0 saturated heterocycles. The summed E-state index contributed by atoms with van der Waals surface area (Å²) in [6, 6.07) is 3.06. The Kier molecular flexibility index (Phi) is 3.43. The van der Waals surface area contributed by atoms with Gasteiger partial charge in [-0.2, -0.15) is 0 Å². The lowest BCUT2D eigenvalue weighted by molar-refractivity contribution is -0.115. The fraction of sp³-hybridized carbons (Fsp3) is 0.231. The molecule has 0 atom stereocenters. The molecule has 2 heterocycles. The molecule has 1 N–H and O–H groups in total. The van der Waals surface area contributed by atoms with Crippen molar-refractivity contribution in [3.63, 3.8) is 0 Å². The van der Waals surface area contributed by atoms with Crippen LogP contribution in [0.2, 0.25) is 0 Å². The van der Waals surface area contributed by atoms with Crippen LogP contribution in [0.1, 0.15) is 6.42 Å². The summed E-state index contributed by atoms with van der Waals surface area (Å²) >= 11 is 1.48. The largest absolute Gasteiger partial charge is 0.323 e. The van der Waals surface area contributed by atoms with Crippen LogP contribution in [0.4, 0.5) is 14.5 Å². The fourth-order valence-electron chi connectivity index (χ4n) is 2.07. The van der Waals surface area contributed by atoms with E-state index in [2.05, 4.69) is 10.3 Å². The van der Waals surface area contributed by atoms with Crippen LogP contribution in [0, 0.1) is 11.6 Å². The Labute approximate surface area is 118 Å². The van der Waals surface area contributed by atoms with E-state index in [1.807, 2.05) is 10.3 Å². The van der Waals surface area contributed by atoms with Gasteiger partial charge >= 0.3 is 0 Å². The summed E-state index contributed by atoms with van der Waals surface area (Å²) in [6.45, 7) is 1.50. The third-order valence-corrected chi connectivity index (χ3v) is 3.95. The van der Waals surface area contributed by atoms with E-state index in [1.165, 1.54) is 17.8 Å². The van der Waals surface area contributed by atoms with Gasteiger partial charge in [0.05, 0.1) is 18.7 Å². The molecule has 0 spiro atoms. The molecule has 2 aliphatic heterocycles. The zero-order chi connectivity index (χ0) is 14.1. The minimum atomic E-state index is -0.781. The second-order valence-electron chi connectivity index (χ2n) is 4.39. The van der Waals surface area contributed by atoms with Crippen molar-refractivity contribution >= 4 is 28.5 Å². The van der Waals surface area contributed by atoms with Gasteiger partial charge in [-0.05, 0) is 17.5 Å². The van der Waals surface area contributed by atoms with E-state index in [0.29, 0.717) is 0 Å². The maximum Gasteiger partial charge on any atom is 0.230 e. The fourth-order valence-corrected chi connectivity index (χ4v) is 3.02. The average Bonchev–Trinajstić information content (AvgIpc) is 2.98. The number of carbonyl (C=O) groups excluding carboxylic acids is 1. The van der Waals surface area contributed by atoms with Crippen LogP contribution < -0.4 is 5.32 Å². The van der Waals surface area contributed by atoms with Crippen LogP contribution in [0.3, 0.4) is 0 Å². The van der Waals surface area contributed by atoms with Gasteiger partial charge in [0, 0.05) is 18.3 Å². The maximum atomic E-state index is 13.4. The highest BCUT2D eigenvalue weighted by atomic mass is 32.2. The summed E-state index contributed by atoms with van der Waals surface area (Å²) in [4.78, 5) is 18.2. The first-order valence-electron chi connectivity index (χ1n) is 6.06. The van der Waals surface area contributed by atoms with Crippen molar-refractivity contribution < 1.29 is 13.6 Å². The molecule has 3 rings (SSSR count). The van der Waals surface area contributed by atoms with E-state index in [0.717, 1.165) is 36.1 Å². The molecule has 1 aromatic rings. The molecule has 0 fully saturated rings. The van der Waals surface area contributed by atoms with Gasteiger partial charge in [0.15, 0.2) is 5.17 Å². The molecule has 0 radical (unpaired) electrons. The first-order valence-corrected chi connectivity index (χ1v) is 6.94. The highest BCUT2D eigenvalue weighted by Crippen LogP contribution is 2.31. The van der Waals surface area contributed by atoms with Crippen LogP contribution in [-0.4, -0.2) is 29.1 Å². The Morgan fingerprint density at radius 3 is 3.10 bits per heavy atom. The van der Waals surface area contributed by atoms with Gasteiger partial charge in [-0.1, -0.05) is 11.8 Å². The van der Waals surface area contributed by atoms with Crippen molar-refractivity contribution in [2.75, 3.05) is 18.4 Å². The van der Waals surface area contributed by atoms with E-state index in [-0.39, 0.29) is 18.0 Å². The third-order valence-electron chi connectivity index (χ3n) is 3.00. The number of thioether (sulfide) groups is 1. The molecule has 2 aliphatic rings. The van der Waals surface area contributed by atoms with Gasteiger partial charge in [-0.25, -0.2) is 8.78 Å². The van der Waals surface area contributed by atoms with Gasteiger partial charge < -0.3 is 10.2 Å². The van der Waals surface area contributed by atoms with Crippen molar-refractivity contribution in [2.45, 2.75) is 6.42 Å². The van der Waals surface area contributed by atoms with E-state index in [1.54, 1.807) is 0 Å². The number of halogens is 2. The zero-order valence-electron chi connectivity index (χ0n) is 10.4. The topological polar surface area (TPSA) is 44.7 Å². The molecule has 20 heavy (non-hydrogen) atoms. The summed E-state index contributed by atoms with van der Waals surface area (Å²) in [6.07, 6.45) is 0.142. The second-order valence-corrected chi connectivity index (χ2v) is 5.23. The highest BCUT2D eigenvalue weighted by Gasteiger charge is 2.27. The monoisotopic (exact) mass is 295 g/mol. The molecule has 0 unspecified atom stereocenters. The number of fused-ring (bicyclic) bond motifs is 1. The number of nitrogens with one attached hydrogen (secondary N) is 1. The van der Waals surface area contributed by atoms with Crippen LogP contribution in [0.5, 0.6) is 0 Å². The number of hydrogen-bond donors (Lipinski definition) is 1. The number of amidine groups is 1. The lowest BCUT2D eigenvalue weighted by Gasteiger charge is -2.16. The predicted octanol–water partition coefficient (Wildman–Crippen LogP) is 2.55. The minimum absolute atomic E-state index is 0.0158. The normalized spacial score (nSPS) is 16.8. The third kappa shape index (κ3) is 2.53. The van der Waals surface area contributed by atoms with Gasteiger partial charge in [0.25, 0.3) is 0 Å².